The third kappa shape index (κ3) is 10.1. The third-order valence-corrected chi connectivity index (χ3v) is 4.35. The second-order valence-corrected chi connectivity index (χ2v) is 6.86. The number of nitrogens with zero attached hydrogens (tertiary/aromatic N) is 2. The van der Waals surface area contributed by atoms with Gasteiger partial charge in [-0.15, -0.1) is 0 Å². The van der Waals surface area contributed by atoms with E-state index in [1.165, 1.54) is 38.2 Å². The fraction of sp³-hybridized carbons (Fsp3) is 0.450. The number of carbonyl (C=O) groups excluding carboxylic acids is 1. The molecular weight excluding hydrogens is 378 g/mol. The van der Waals surface area contributed by atoms with Gasteiger partial charge in [-0.2, -0.15) is 0 Å². The average molecular weight is 412 g/mol. The maximum atomic E-state index is 12.1. The van der Waals surface area contributed by atoms with Gasteiger partial charge in [0.1, 0.15) is 5.75 Å². The predicted octanol–water partition coefficient (Wildman–Crippen LogP) is 3.39. The Morgan fingerprint density at radius 2 is 2.00 bits per heavy atom. The Bertz CT molecular complexity index is 630. The molecule has 0 radical (unpaired) electrons. The number of benzene rings is 1. The number of ether oxygens (including phenoxy) is 1. The van der Waals surface area contributed by atoms with Gasteiger partial charge in [0.25, 0.3) is 0 Å². The van der Waals surface area contributed by atoms with Gasteiger partial charge in [-0.05, 0) is 81.5 Å². The number of nitrogens with two attached hydrogens (primary N) is 2. The van der Waals surface area contributed by atoms with Crippen LogP contribution >= 0.6 is 11.6 Å². The van der Waals surface area contributed by atoms with E-state index >= 15 is 0 Å². The SMILES string of the molecule is COc1ccc(NC(=O)N(C)CCCN2CCCC2)cc1.N/C=C\C=C(/N)Cl.[HH]. The van der Waals surface area contributed by atoms with Crippen LogP contribution in [0.4, 0.5) is 10.5 Å². The number of amides is 2. The molecule has 0 bridgehead atoms. The van der Waals surface area contributed by atoms with Gasteiger partial charge in [0, 0.05) is 20.7 Å². The number of urea groups is 1. The van der Waals surface area contributed by atoms with Crippen molar-refractivity contribution in [3.63, 3.8) is 0 Å². The summed E-state index contributed by atoms with van der Waals surface area (Å²) in [6.45, 7) is 4.28. The number of allylic oxidation sites excluding steroid dienone is 2. The number of nitrogens with one attached hydrogen (secondary N) is 1. The molecule has 0 unspecified atom stereocenters. The second-order valence-electron chi connectivity index (χ2n) is 6.42. The number of carbonyl (C=O) groups is 1. The molecule has 2 rings (SSSR count). The molecule has 0 aromatic heterocycles. The molecule has 0 aliphatic carbocycles. The van der Waals surface area contributed by atoms with E-state index in [1.807, 2.05) is 31.3 Å². The highest BCUT2D eigenvalue weighted by Crippen LogP contribution is 2.15. The van der Waals surface area contributed by atoms with Crippen LogP contribution in [0.3, 0.4) is 0 Å². The quantitative estimate of drug-likeness (QED) is 0.472. The molecule has 1 aromatic rings. The summed E-state index contributed by atoms with van der Waals surface area (Å²) in [6.07, 6.45) is 8.06. The maximum Gasteiger partial charge on any atom is 0.321 e. The summed E-state index contributed by atoms with van der Waals surface area (Å²) >= 11 is 5.19. The number of methoxy groups -OCH3 is 1. The first-order chi connectivity index (χ1) is 13.5. The van der Waals surface area contributed by atoms with E-state index in [2.05, 4.69) is 10.2 Å². The van der Waals surface area contributed by atoms with Crippen LogP contribution in [-0.4, -0.2) is 56.2 Å². The van der Waals surface area contributed by atoms with E-state index in [-0.39, 0.29) is 12.6 Å². The van der Waals surface area contributed by atoms with Gasteiger partial charge in [-0.25, -0.2) is 4.79 Å². The van der Waals surface area contributed by atoms with Gasteiger partial charge in [0.2, 0.25) is 0 Å². The lowest BCUT2D eigenvalue weighted by molar-refractivity contribution is 0.218. The van der Waals surface area contributed by atoms with Crippen molar-refractivity contribution in [3.05, 3.63) is 47.8 Å². The Morgan fingerprint density at radius 1 is 1.36 bits per heavy atom. The number of hydrogen-bond acceptors (Lipinski definition) is 5. The zero-order valence-corrected chi connectivity index (χ0v) is 17.5. The van der Waals surface area contributed by atoms with Crippen molar-refractivity contribution in [1.82, 2.24) is 9.80 Å². The number of likely N-dealkylation sites (tertiary alicyclic amines) is 1. The topological polar surface area (TPSA) is 96.8 Å². The molecule has 1 heterocycles. The first-order valence-electron chi connectivity index (χ1n) is 9.34. The summed E-state index contributed by atoms with van der Waals surface area (Å²) in [4.78, 5) is 16.3. The monoisotopic (exact) mass is 411 g/mol. The lowest BCUT2D eigenvalue weighted by Crippen LogP contribution is -2.34. The van der Waals surface area contributed by atoms with E-state index in [1.54, 1.807) is 18.1 Å². The predicted molar refractivity (Wildman–Crippen MR) is 118 cm³/mol. The summed E-state index contributed by atoms with van der Waals surface area (Å²) in [5.74, 6) is 0.784. The minimum Gasteiger partial charge on any atom is -0.497 e. The molecular formula is C20H34ClN5O2. The zero-order valence-electron chi connectivity index (χ0n) is 16.7. The Kier molecular flexibility index (Phi) is 11.6. The Hall–Kier alpha value is -2.38. The number of anilines is 1. The van der Waals surface area contributed by atoms with E-state index in [9.17, 15) is 4.79 Å². The van der Waals surface area contributed by atoms with Crippen LogP contribution in [0.15, 0.2) is 47.8 Å². The Labute approximate surface area is 174 Å². The summed E-state index contributed by atoms with van der Waals surface area (Å²) in [5, 5.41) is 3.13. The summed E-state index contributed by atoms with van der Waals surface area (Å²) < 4.78 is 5.10. The van der Waals surface area contributed by atoms with Crippen molar-refractivity contribution in [2.75, 3.05) is 45.7 Å². The first-order valence-corrected chi connectivity index (χ1v) is 9.72. The highest BCUT2D eigenvalue weighted by molar-refractivity contribution is 6.29. The minimum atomic E-state index is -0.0680. The number of rotatable bonds is 7. The summed E-state index contributed by atoms with van der Waals surface area (Å²) in [5.41, 5.74) is 10.7. The largest absolute Gasteiger partial charge is 0.497 e. The van der Waals surface area contributed by atoms with Crippen LogP contribution in [-0.2, 0) is 0 Å². The van der Waals surface area contributed by atoms with Crippen LogP contribution in [0.25, 0.3) is 0 Å². The van der Waals surface area contributed by atoms with E-state index < -0.39 is 0 Å². The molecule has 28 heavy (non-hydrogen) atoms. The molecule has 1 aliphatic heterocycles. The molecule has 0 saturated carbocycles. The van der Waals surface area contributed by atoms with E-state index in [0.717, 1.165) is 30.9 Å². The second kappa shape index (κ2) is 13.7. The Morgan fingerprint density at radius 3 is 2.50 bits per heavy atom. The smallest absolute Gasteiger partial charge is 0.321 e. The third-order valence-electron chi connectivity index (χ3n) is 4.22. The van der Waals surface area contributed by atoms with Gasteiger partial charge >= 0.3 is 6.03 Å². The average Bonchev–Trinajstić information content (AvgIpc) is 3.20. The minimum absolute atomic E-state index is 0. The van der Waals surface area contributed by atoms with Crippen molar-refractivity contribution in [2.45, 2.75) is 19.3 Å². The van der Waals surface area contributed by atoms with Crippen LogP contribution in [0.5, 0.6) is 5.75 Å². The normalized spacial score (nSPS) is 14.5. The molecule has 1 fully saturated rings. The van der Waals surface area contributed by atoms with Crippen molar-refractivity contribution in [2.24, 2.45) is 11.5 Å². The van der Waals surface area contributed by atoms with Crippen LogP contribution in [0, 0.1) is 0 Å². The van der Waals surface area contributed by atoms with Crippen molar-refractivity contribution < 1.29 is 11.0 Å². The highest BCUT2D eigenvalue weighted by atomic mass is 35.5. The molecule has 158 valence electrons. The molecule has 1 aliphatic rings. The van der Waals surface area contributed by atoms with Gasteiger partial charge in [0.15, 0.2) is 0 Å². The lowest BCUT2D eigenvalue weighted by Gasteiger charge is -2.20. The van der Waals surface area contributed by atoms with Crippen molar-refractivity contribution >= 4 is 23.3 Å². The molecule has 1 aromatic carbocycles. The molecule has 0 spiro atoms. The van der Waals surface area contributed by atoms with Crippen molar-refractivity contribution in [1.29, 1.82) is 0 Å². The Balaban J connectivity index is 0.000000846. The molecule has 0 atom stereocenters. The van der Waals surface area contributed by atoms with E-state index in [4.69, 9.17) is 27.8 Å². The first kappa shape index (κ1) is 23.7. The van der Waals surface area contributed by atoms with Crippen LogP contribution in [0.1, 0.15) is 20.7 Å². The maximum absolute atomic E-state index is 12.1. The van der Waals surface area contributed by atoms with E-state index in [0.29, 0.717) is 0 Å². The van der Waals surface area contributed by atoms with Crippen LogP contribution < -0.4 is 21.5 Å². The molecule has 8 heteroatoms. The standard InChI is InChI=1S/C16H25N3O2.C4H7ClN2.H2/c1-18(10-5-13-19-11-3-4-12-19)16(20)17-14-6-8-15(21-2)9-7-14;5-4(7)2-1-3-6;/h6-9H,3-5,10-13H2,1-2H3,(H,17,20);1-3H,6-7H2;1H/b;3-1-,4-2-;. The summed E-state index contributed by atoms with van der Waals surface area (Å²) in [6, 6.07) is 7.29. The molecule has 7 nitrogen and oxygen atoms in total. The number of hydrogen-bond donors (Lipinski definition) is 3. The van der Waals surface area contributed by atoms with Gasteiger partial charge in [0.05, 0.1) is 12.3 Å². The fourth-order valence-electron chi connectivity index (χ4n) is 2.68. The van der Waals surface area contributed by atoms with Gasteiger partial charge in [-0.3, -0.25) is 0 Å². The lowest BCUT2D eigenvalue weighted by atomic mass is 10.3. The van der Waals surface area contributed by atoms with Gasteiger partial charge < -0.3 is 31.3 Å². The molecule has 1 saturated heterocycles. The van der Waals surface area contributed by atoms with Crippen molar-refractivity contribution in [3.8, 4) is 5.75 Å². The highest BCUT2D eigenvalue weighted by Gasteiger charge is 2.12. The summed E-state index contributed by atoms with van der Waals surface area (Å²) in [7, 11) is 3.46. The fourth-order valence-corrected chi connectivity index (χ4v) is 2.75. The van der Waals surface area contributed by atoms with Crippen LogP contribution in [0.2, 0.25) is 0 Å². The number of halogens is 1. The molecule has 5 N–H and O–H groups in total. The van der Waals surface area contributed by atoms with Gasteiger partial charge in [-0.1, -0.05) is 11.6 Å². The molecule has 2 amide bonds. The zero-order chi connectivity index (χ0) is 20.8.